The van der Waals surface area contributed by atoms with Crippen LogP contribution in [-0.4, -0.2) is 16.4 Å². The maximum Gasteiger partial charge on any atom is 0.264 e. The standard InChI is InChI=1S/C15H17N3OS/c1-6-15(4,5)18-13(19)12-11(16)10-8(2)7-9(3)17-14(10)20-12/h1,7H,16H2,2-5H3,(H,18,19). The lowest BCUT2D eigenvalue weighted by Gasteiger charge is -2.19. The first-order valence-corrected chi connectivity index (χ1v) is 7.03. The van der Waals surface area contributed by atoms with Crippen molar-refractivity contribution in [3.05, 3.63) is 22.2 Å². The lowest BCUT2D eigenvalue weighted by Crippen LogP contribution is -2.41. The van der Waals surface area contributed by atoms with Crippen molar-refractivity contribution in [2.24, 2.45) is 0 Å². The van der Waals surface area contributed by atoms with Crippen molar-refractivity contribution in [2.75, 3.05) is 5.73 Å². The number of aromatic nitrogens is 1. The summed E-state index contributed by atoms with van der Waals surface area (Å²) in [6.07, 6.45) is 5.38. The SMILES string of the molecule is C#CC(C)(C)NC(=O)c1sc2nc(C)cc(C)c2c1N. The van der Waals surface area contributed by atoms with Crippen LogP contribution in [0.4, 0.5) is 5.69 Å². The van der Waals surface area contributed by atoms with E-state index in [2.05, 4.69) is 16.2 Å². The minimum atomic E-state index is -0.710. The fraction of sp³-hybridized carbons (Fsp3) is 0.333. The normalized spacial score (nSPS) is 11.3. The van der Waals surface area contributed by atoms with E-state index in [9.17, 15) is 4.79 Å². The van der Waals surface area contributed by atoms with Crippen molar-refractivity contribution in [3.8, 4) is 12.3 Å². The molecule has 2 heterocycles. The Balaban J connectivity index is 2.52. The van der Waals surface area contributed by atoms with E-state index in [1.54, 1.807) is 13.8 Å². The third-order valence-electron chi connectivity index (χ3n) is 3.02. The van der Waals surface area contributed by atoms with E-state index >= 15 is 0 Å². The Bertz CT molecular complexity index is 738. The Kier molecular flexibility index (Phi) is 3.45. The Labute approximate surface area is 122 Å². The van der Waals surface area contributed by atoms with Gasteiger partial charge in [0.05, 0.1) is 11.2 Å². The number of hydrogen-bond donors (Lipinski definition) is 2. The van der Waals surface area contributed by atoms with Gasteiger partial charge in [-0.1, -0.05) is 5.92 Å². The van der Waals surface area contributed by atoms with Gasteiger partial charge >= 0.3 is 0 Å². The van der Waals surface area contributed by atoms with E-state index in [-0.39, 0.29) is 5.91 Å². The maximum atomic E-state index is 12.3. The fourth-order valence-corrected chi connectivity index (χ4v) is 3.13. The van der Waals surface area contributed by atoms with Gasteiger partial charge in [-0.05, 0) is 39.3 Å². The van der Waals surface area contributed by atoms with E-state index in [0.717, 1.165) is 21.5 Å². The second-order valence-corrected chi connectivity index (χ2v) is 6.33. The summed E-state index contributed by atoms with van der Waals surface area (Å²) in [6.45, 7) is 7.42. The van der Waals surface area contributed by atoms with Crippen LogP contribution in [0.3, 0.4) is 0 Å². The number of nitrogen functional groups attached to an aromatic ring is 1. The topological polar surface area (TPSA) is 68.0 Å². The second-order valence-electron chi connectivity index (χ2n) is 5.33. The second kappa shape index (κ2) is 4.80. The Morgan fingerprint density at radius 2 is 2.15 bits per heavy atom. The highest BCUT2D eigenvalue weighted by molar-refractivity contribution is 7.21. The Hall–Kier alpha value is -2.06. The molecule has 0 aliphatic carbocycles. The number of rotatable bonds is 2. The number of anilines is 1. The molecular formula is C15H17N3OS. The van der Waals surface area contributed by atoms with E-state index in [1.165, 1.54) is 11.3 Å². The molecule has 0 saturated carbocycles. The van der Waals surface area contributed by atoms with Crippen molar-refractivity contribution in [1.82, 2.24) is 10.3 Å². The van der Waals surface area contributed by atoms with Crippen LogP contribution in [0.5, 0.6) is 0 Å². The number of carbonyl (C=O) groups is 1. The number of nitrogens with one attached hydrogen (secondary N) is 1. The number of pyridine rings is 1. The zero-order valence-corrected chi connectivity index (χ0v) is 12.8. The van der Waals surface area contributed by atoms with Gasteiger partial charge in [0.1, 0.15) is 9.71 Å². The fourth-order valence-electron chi connectivity index (χ4n) is 2.01. The number of aryl methyl sites for hydroxylation is 2. The molecule has 4 nitrogen and oxygen atoms in total. The van der Waals surface area contributed by atoms with Gasteiger partial charge in [0.15, 0.2) is 0 Å². The first-order valence-electron chi connectivity index (χ1n) is 6.21. The van der Waals surface area contributed by atoms with Gasteiger partial charge < -0.3 is 11.1 Å². The molecule has 3 N–H and O–H groups in total. The van der Waals surface area contributed by atoms with Gasteiger partial charge in [-0.2, -0.15) is 0 Å². The molecule has 0 unspecified atom stereocenters. The molecule has 2 rings (SSSR count). The van der Waals surface area contributed by atoms with Crippen molar-refractivity contribution >= 4 is 33.1 Å². The molecule has 0 aliphatic rings. The third-order valence-corrected chi connectivity index (χ3v) is 4.12. The molecule has 0 bridgehead atoms. The average Bonchev–Trinajstić information content (AvgIpc) is 2.66. The molecular weight excluding hydrogens is 270 g/mol. The predicted molar refractivity (Wildman–Crippen MR) is 83.9 cm³/mol. The van der Waals surface area contributed by atoms with Crippen LogP contribution in [0.15, 0.2) is 6.07 Å². The summed E-state index contributed by atoms with van der Waals surface area (Å²) >= 11 is 1.29. The van der Waals surface area contributed by atoms with Crippen molar-refractivity contribution in [2.45, 2.75) is 33.2 Å². The highest BCUT2D eigenvalue weighted by atomic mass is 32.1. The first kappa shape index (κ1) is 14.4. The van der Waals surface area contributed by atoms with E-state index in [1.807, 2.05) is 19.9 Å². The summed E-state index contributed by atoms with van der Waals surface area (Å²) in [4.78, 5) is 18.0. The summed E-state index contributed by atoms with van der Waals surface area (Å²) in [5.41, 5.74) is 7.81. The predicted octanol–water partition coefficient (Wildman–Crippen LogP) is 2.64. The van der Waals surface area contributed by atoms with Crippen LogP contribution < -0.4 is 11.1 Å². The molecule has 0 aromatic carbocycles. The number of terminal acetylenes is 1. The largest absolute Gasteiger partial charge is 0.397 e. The quantitative estimate of drug-likeness (QED) is 0.834. The smallest absolute Gasteiger partial charge is 0.264 e. The van der Waals surface area contributed by atoms with Crippen molar-refractivity contribution < 1.29 is 4.79 Å². The van der Waals surface area contributed by atoms with Crippen LogP contribution in [0.2, 0.25) is 0 Å². The monoisotopic (exact) mass is 287 g/mol. The van der Waals surface area contributed by atoms with Gasteiger partial charge in [-0.25, -0.2) is 4.98 Å². The third kappa shape index (κ3) is 2.47. The molecule has 2 aromatic heterocycles. The number of nitrogens with zero attached hydrogens (tertiary/aromatic N) is 1. The molecule has 0 aliphatic heterocycles. The molecule has 0 spiro atoms. The highest BCUT2D eigenvalue weighted by Crippen LogP contribution is 2.35. The Morgan fingerprint density at radius 1 is 1.50 bits per heavy atom. The van der Waals surface area contributed by atoms with Crippen LogP contribution in [0.25, 0.3) is 10.2 Å². The van der Waals surface area contributed by atoms with Gasteiger partial charge in [0, 0.05) is 11.1 Å². The van der Waals surface area contributed by atoms with Gasteiger partial charge in [0.2, 0.25) is 0 Å². The zero-order chi connectivity index (χ0) is 15.1. The highest BCUT2D eigenvalue weighted by Gasteiger charge is 2.23. The van der Waals surface area contributed by atoms with E-state index in [4.69, 9.17) is 12.2 Å². The zero-order valence-electron chi connectivity index (χ0n) is 12.0. The van der Waals surface area contributed by atoms with E-state index in [0.29, 0.717) is 10.6 Å². The summed E-state index contributed by atoms with van der Waals surface area (Å²) in [6, 6.07) is 1.96. The lowest BCUT2D eigenvalue weighted by atomic mass is 10.1. The van der Waals surface area contributed by atoms with Gasteiger partial charge in [0.25, 0.3) is 5.91 Å². The number of thiophene rings is 1. The summed E-state index contributed by atoms with van der Waals surface area (Å²) < 4.78 is 0. The van der Waals surface area contributed by atoms with E-state index < -0.39 is 5.54 Å². The van der Waals surface area contributed by atoms with Crippen molar-refractivity contribution in [3.63, 3.8) is 0 Å². The summed E-state index contributed by atoms with van der Waals surface area (Å²) in [5.74, 6) is 2.27. The number of carbonyl (C=O) groups excluding carboxylic acids is 1. The Morgan fingerprint density at radius 3 is 2.75 bits per heavy atom. The van der Waals surface area contributed by atoms with Gasteiger partial charge in [-0.3, -0.25) is 4.79 Å². The maximum absolute atomic E-state index is 12.3. The number of hydrogen-bond acceptors (Lipinski definition) is 4. The minimum absolute atomic E-state index is 0.259. The number of fused-ring (bicyclic) bond motifs is 1. The first-order chi connectivity index (χ1) is 9.25. The molecule has 2 aromatic rings. The lowest BCUT2D eigenvalue weighted by molar-refractivity contribution is 0.0935. The molecule has 104 valence electrons. The molecule has 0 radical (unpaired) electrons. The minimum Gasteiger partial charge on any atom is -0.397 e. The molecule has 5 heteroatoms. The summed E-state index contributed by atoms with van der Waals surface area (Å²) in [7, 11) is 0. The molecule has 20 heavy (non-hydrogen) atoms. The van der Waals surface area contributed by atoms with Gasteiger partial charge in [-0.15, -0.1) is 17.8 Å². The molecule has 0 fully saturated rings. The van der Waals surface area contributed by atoms with Crippen LogP contribution in [0.1, 0.15) is 34.8 Å². The van der Waals surface area contributed by atoms with Crippen LogP contribution in [-0.2, 0) is 0 Å². The summed E-state index contributed by atoms with van der Waals surface area (Å²) in [5, 5.41) is 3.64. The van der Waals surface area contributed by atoms with Crippen LogP contribution in [0, 0.1) is 26.2 Å². The van der Waals surface area contributed by atoms with Crippen molar-refractivity contribution in [1.29, 1.82) is 0 Å². The average molecular weight is 287 g/mol. The van der Waals surface area contributed by atoms with Crippen LogP contribution >= 0.6 is 11.3 Å². The molecule has 0 atom stereocenters. The molecule has 0 saturated heterocycles. The number of amides is 1. The number of nitrogens with two attached hydrogens (primary N) is 1. The molecule has 1 amide bonds.